The summed E-state index contributed by atoms with van der Waals surface area (Å²) in [6.07, 6.45) is 4.06. The van der Waals surface area contributed by atoms with E-state index in [0.717, 1.165) is 67.9 Å². The normalized spacial score (nSPS) is 17.3. The van der Waals surface area contributed by atoms with Gasteiger partial charge >= 0.3 is 0 Å². The summed E-state index contributed by atoms with van der Waals surface area (Å²) in [4.78, 5) is 25.5. The third-order valence-corrected chi connectivity index (χ3v) is 5.40. The van der Waals surface area contributed by atoms with Crippen molar-refractivity contribution < 1.29 is 4.79 Å². The summed E-state index contributed by atoms with van der Waals surface area (Å²) in [5, 5.41) is 3.47. The molecule has 4 rings (SSSR count). The molecule has 0 atom stereocenters. The van der Waals surface area contributed by atoms with Crippen molar-refractivity contribution >= 4 is 17.8 Å². The van der Waals surface area contributed by atoms with Gasteiger partial charge in [-0.2, -0.15) is 0 Å². The predicted molar refractivity (Wildman–Crippen MR) is 104 cm³/mol. The minimum Gasteiger partial charge on any atom is -0.380 e. The van der Waals surface area contributed by atoms with E-state index in [0.29, 0.717) is 17.4 Å². The van der Waals surface area contributed by atoms with Gasteiger partial charge in [0.15, 0.2) is 11.6 Å². The van der Waals surface area contributed by atoms with Crippen molar-refractivity contribution in [2.75, 3.05) is 43.9 Å². The number of nitrogens with one attached hydrogen (secondary N) is 1. The molecule has 1 N–H and O–H groups in total. The zero-order valence-corrected chi connectivity index (χ0v) is 15.4. The standard InChI is InChI=1S/C20H25N5O/c1-24(2)16-7-10-25(11-8-16)20-18-17(6-9-21-18)22-19(23-20)15-5-3-4-14(12-15)13-26/h3-5,12-13,16,21H,6-11H2,1-2H3. The van der Waals surface area contributed by atoms with Crippen LogP contribution in [0.3, 0.4) is 0 Å². The van der Waals surface area contributed by atoms with Gasteiger partial charge < -0.3 is 15.1 Å². The molecule has 136 valence electrons. The van der Waals surface area contributed by atoms with Gasteiger partial charge in [-0.15, -0.1) is 0 Å². The Kier molecular flexibility index (Phi) is 4.59. The first-order valence-corrected chi connectivity index (χ1v) is 9.27. The summed E-state index contributed by atoms with van der Waals surface area (Å²) in [6.45, 7) is 2.91. The molecule has 1 aromatic heterocycles. The van der Waals surface area contributed by atoms with Crippen molar-refractivity contribution in [2.24, 2.45) is 0 Å². The average Bonchev–Trinajstić information content (AvgIpc) is 3.16. The zero-order chi connectivity index (χ0) is 18.1. The van der Waals surface area contributed by atoms with Gasteiger partial charge in [-0.1, -0.05) is 18.2 Å². The Morgan fingerprint density at radius 1 is 1.23 bits per heavy atom. The summed E-state index contributed by atoms with van der Waals surface area (Å²) in [5.41, 5.74) is 3.71. The summed E-state index contributed by atoms with van der Waals surface area (Å²) < 4.78 is 0. The fourth-order valence-corrected chi connectivity index (χ4v) is 3.86. The molecule has 1 saturated heterocycles. The van der Waals surface area contributed by atoms with Crippen molar-refractivity contribution in [3.8, 4) is 11.4 Å². The van der Waals surface area contributed by atoms with E-state index in [1.54, 1.807) is 6.07 Å². The lowest BCUT2D eigenvalue weighted by Gasteiger charge is -2.36. The summed E-state index contributed by atoms with van der Waals surface area (Å²) in [6, 6.07) is 8.16. The number of hydrogen-bond donors (Lipinski definition) is 1. The highest BCUT2D eigenvalue weighted by atomic mass is 16.1. The largest absolute Gasteiger partial charge is 0.380 e. The number of anilines is 2. The van der Waals surface area contributed by atoms with Crippen LogP contribution >= 0.6 is 0 Å². The van der Waals surface area contributed by atoms with Gasteiger partial charge in [-0.3, -0.25) is 4.79 Å². The van der Waals surface area contributed by atoms with Crippen LogP contribution in [0.25, 0.3) is 11.4 Å². The van der Waals surface area contributed by atoms with Crippen LogP contribution in [-0.4, -0.2) is 60.9 Å². The number of nitrogens with zero attached hydrogens (tertiary/aromatic N) is 4. The third kappa shape index (κ3) is 3.17. The van der Waals surface area contributed by atoms with Gasteiger partial charge in [0.05, 0.1) is 11.4 Å². The molecule has 1 fully saturated rings. The van der Waals surface area contributed by atoms with Crippen LogP contribution in [0.5, 0.6) is 0 Å². The molecule has 0 saturated carbocycles. The predicted octanol–water partition coefficient (Wildman–Crippen LogP) is 2.45. The number of rotatable bonds is 4. The van der Waals surface area contributed by atoms with Crippen molar-refractivity contribution in [3.05, 3.63) is 35.5 Å². The van der Waals surface area contributed by atoms with Crippen molar-refractivity contribution in [3.63, 3.8) is 0 Å². The molecule has 26 heavy (non-hydrogen) atoms. The van der Waals surface area contributed by atoms with E-state index in [-0.39, 0.29) is 0 Å². The number of piperidine rings is 1. The van der Waals surface area contributed by atoms with Crippen LogP contribution in [0, 0.1) is 0 Å². The molecule has 6 heteroatoms. The molecule has 2 aliphatic rings. The highest BCUT2D eigenvalue weighted by molar-refractivity contribution is 5.79. The number of aldehydes is 1. The maximum absolute atomic E-state index is 11.1. The van der Waals surface area contributed by atoms with Gasteiger partial charge in [0.25, 0.3) is 0 Å². The van der Waals surface area contributed by atoms with E-state index in [2.05, 4.69) is 29.2 Å². The average molecular weight is 351 g/mol. The fourth-order valence-electron chi connectivity index (χ4n) is 3.86. The SMILES string of the molecule is CN(C)C1CCN(c2nc(-c3cccc(C=O)c3)nc3c2NCC3)CC1. The number of aromatic nitrogens is 2. The number of carbonyl (C=O) groups excluding carboxylic acids is 1. The van der Waals surface area contributed by atoms with Crippen LogP contribution in [-0.2, 0) is 6.42 Å². The summed E-state index contributed by atoms with van der Waals surface area (Å²) >= 11 is 0. The Labute approximate surface area is 154 Å². The molecule has 2 aliphatic heterocycles. The minimum absolute atomic E-state index is 0.637. The first-order chi connectivity index (χ1) is 12.7. The second-order valence-corrected chi connectivity index (χ2v) is 7.29. The second kappa shape index (κ2) is 7.03. The molecular formula is C20H25N5O. The van der Waals surface area contributed by atoms with Gasteiger partial charge in [0, 0.05) is 43.2 Å². The van der Waals surface area contributed by atoms with E-state index < -0.39 is 0 Å². The smallest absolute Gasteiger partial charge is 0.161 e. The fraction of sp³-hybridized carbons (Fsp3) is 0.450. The third-order valence-electron chi connectivity index (χ3n) is 5.40. The van der Waals surface area contributed by atoms with Gasteiger partial charge in [-0.25, -0.2) is 9.97 Å². The Hall–Kier alpha value is -2.47. The van der Waals surface area contributed by atoms with Gasteiger partial charge in [-0.05, 0) is 33.0 Å². The topological polar surface area (TPSA) is 61.4 Å². The highest BCUT2D eigenvalue weighted by Gasteiger charge is 2.27. The minimum atomic E-state index is 0.637. The van der Waals surface area contributed by atoms with Crippen LogP contribution in [0.2, 0.25) is 0 Å². The molecule has 1 aromatic carbocycles. The van der Waals surface area contributed by atoms with Crippen LogP contribution in [0.15, 0.2) is 24.3 Å². The first-order valence-electron chi connectivity index (χ1n) is 9.27. The van der Waals surface area contributed by atoms with Crippen molar-refractivity contribution in [1.82, 2.24) is 14.9 Å². The Balaban J connectivity index is 1.69. The molecule has 0 radical (unpaired) electrons. The van der Waals surface area contributed by atoms with E-state index in [9.17, 15) is 4.79 Å². The number of carbonyl (C=O) groups is 1. The van der Waals surface area contributed by atoms with Gasteiger partial charge in [0.2, 0.25) is 0 Å². The quantitative estimate of drug-likeness (QED) is 0.854. The van der Waals surface area contributed by atoms with Gasteiger partial charge in [0.1, 0.15) is 6.29 Å². The number of fused-ring (bicyclic) bond motifs is 1. The van der Waals surface area contributed by atoms with Crippen molar-refractivity contribution in [2.45, 2.75) is 25.3 Å². The molecule has 0 amide bonds. The summed E-state index contributed by atoms with van der Waals surface area (Å²) in [5.74, 6) is 1.72. The maximum Gasteiger partial charge on any atom is 0.161 e. The first kappa shape index (κ1) is 17.0. The monoisotopic (exact) mass is 351 g/mol. The highest BCUT2D eigenvalue weighted by Crippen LogP contribution is 2.34. The molecule has 6 nitrogen and oxygen atoms in total. The Morgan fingerprint density at radius 3 is 2.77 bits per heavy atom. The number of benzene rings is 1. The molecule has 2 aromatic rings. The number of hydrogen-bond acceptors (Lipinski definition) is 6. The lowest BCUT2D eigenvalue weighted by atomic mass is 10.0. The second-order valence-electron chi connectivity index (χ2n) is 7.29. The lowest BCUT2D eigenvalue weighted by molar-refractivity contribution is 0.112. The Bertz CT molecular complexity index is 812. The maximum atomic E-state index is 11.1. The van der Waals surface area contributed by atoms with E-state index >= 15 is 0 Å². The molecule has 0 aliphatic carbocycles. The van der Waals surface area contributed by atoms with Crippen LogP contribution in [0.4, 0.5) is 11.5 Å². The van der Waals surface area contributed by atoms with Crippen LogP contribution < -0.4 is 10.2 Å². The van der Waals surface area contributed by atoms with E-state index in [1.165, 1.54) is 0 Å². The molecule has 3 heterocycles. The van der Waals surface area contributed by atoms with E-state index in [1.807, 2.05) is 18.2 Å². The zero-order valence-electron chi connectivity index (χ0n) is 15.4. The Morgan fingerprint density at radius 2 is 2.04 bits per heavy atom. The molecular weight excluding hydrogens is 326 g/mol. The van der Waals surface area contributed by atoms with E-state index in [4.69, 9.17) is 9.97 Å². The van der Waals surface area contributed by atoms with Crippen LogP contribution in [0.1, 0.15) is 28.9 Å². The molecule has 0 bridgehead atoms. The lowest BCUT2D eigenvalue weighted by Crippen LogP contribution is -2.42. The molecule has 0 spiro atoms. The summed E-state index contributed by atoms with van der Waals surface area (Å²) in [7, 11) is 4.31. The van der Waals surface area contributed by atoms with Crippen molar-refractivity contribution in [1.29, 1.82) is 0 Å². The molecule has 0 unspecified atom stereocenters.